The van der Waals surface area contributed by atoms with Crippen LogP contribution in [-0.2, 0) is 0 Å². The fraction of sp³-hybridized carbons (Fsp3) is 0. The highest BCUT2D eigenvalue weighted by atomic mass is 32.2. The molecule has 35 heavy (non-hydrogen) atoms. The monoisotopic (exact) mass is 469 g/mol. The van der Waals surface area contributed by atoms with Crippen LogP contribution in [-0.4, -0.2) is 6.71 Å². The van der Waals surface area contributed by atoms with Crippen molar-refractivity contribution in [3.8, 4) is 23.0 Å². The molecule has 0 unspecified atom stereocenters. The summed E-state index contributed by atoms with van der Waals surface area (Å²) >= 11 is 1.71. The Morgan fingerprint density at radius 1 is 0.714 bits per heavy atom. The van der Waals surface area contributed by atoms with Gasteiger partial charge in [-0.1, -0.05) is 79.5 Å². The van der Waals surface area contributed by atoms with Crippen molar-refractivity contribution in [3.05, 3.63) is 121 Å². The second kappa shape index (κ2) is 7.72. The first-order valence-corrected chi connectivity index (χ1v) is 12.4. The van der Waals surface area contributed by atoms with Crippen LogP contribution in [0.1, 0.15) is 0 Å². The van der Waals surface area contributed by atoms with Crippen molar-refractivity contribution in [3.63, 3.8) is 0 Å². The zero-order chi connectivity index (χ0) is 23.5. The molecule has 0 spiro atoms. The summed E-state index contributed by atoms with van der Waals surface area (Å²) in [4.78, 5) is 4.44. The lowest BCUT2D eigenvalue weighted by atomic mass is 9.35. The minimum Gasteiger partial charge on any atom is -0.458 e. The van der Waals surface area contributed by atoms with E-state index in [0.717, 1.165) is 66.3 Å². The van der Waals surface area contributed by atoms with Crippen molar-refractivity contribution >= 4 is 46.2 Å². The second-order valence-corrected chi connectivity index (χ2v) is 9.72. The van der Waals surface area contributed by atoms with E-state index in [-0.39, 0.29) is 6.71 Å². The summed E-state index contributed by atoms with van der Waals surface area (Å²) in [6.45, 7) is 8.24. The first kappa shape index (κ1) is 20.3. The lowest BCUT2D eigenvalue weighted by molar-refractivity contribution is 0.464. The van der Waals surface area contributed by atoms with Crippen LogP contribution >= 0.6 is 11.8 Å². The average molecular weight is 469 g/mol. The predicted octanol–water partition coefficient (Wildman–Crippen LogP) is 6.24. The Hall–Kier alpha value is -4.09. The number of para-hydroxylation sites is 3. The molecule has 3 heterocycles. The van der Waals surface area contributed by atoms with Crippen molar-refractivity contribution in [2.24, 2.45) is 0 Å². The van der Waals surface area contributed by atoms with Gasteiger partial charge in [0.15, 0.2) is 0 Å². The average Bonchev–Trinajstić information content (AvgIpc) is 2.91. The molecule has 0 bridgehead atoms. The SMILES string of the molecule is C=CC1=C(C=C)N(c2cc3c4c(c2)Oc2ccccc2B4c2ccccc2O3)c2ccccc2S1. The van der Waals surface area contributed by atoms with Gasteiger partial charge in [-0.05, 0) is 41.3 Å². The van der Waals surface area contributed by atoms with Crippen LogP contribution < -0.4 is 30.8 Å². The number of thioether (sulfide) groups is 1. The van der Waals surface area contributed by atoms with E-state index in [0.29, 0.717) is 0 Å². The molecule has 4 aromatic carbocycles. The van der Waals surface area contributed by atoms with Crippen molar-refractivity contribution in [1.29, 1.82) is 0 Å². The molecule has 5 heteroatoms. The minimum absolute atomic E-state index is 0.0614. The third-order valence-corrected chi connectivity index (χ3v) is 7.89. The van der Waals surface area contributed by atoms with E-state index < -0.39 is 0 Å². The Morgan fingerprint density at radius 2 is 1.31 bits per heavy atom. The molecule has 166 valence electrons. The third-order valence-electron chi connectivity index (χ3n) is 6.73. The van der Waals surface area contributed by atoms with E-state index >= 15 is 0 Å². The maximum Gasteiger partial charge on any atom is 0.260 e. The zero-order valence-electron chi connectivity index (χ0n) is 18.9. The van der Waals surface area contributed by atoms with Crippen LogP contribution in [0.2, 0.25) is 0 Å². The molecule has 0 aliphatic carbocycles. The Balaban J connectivity index is 1.49. The first-order chi connectivity index (χ1) is 17.3. The van der Waals surface area contributed by atoms with Gasteiger partial charge >= 0.3 is 0 Å². The van der Waals surface area contributed by atoms with E-state index in [1.807, 2.05) is 36.4 Å². The van der Waals surface area contributed by atoms with Gasteiger partial charge in [0.25, 0.3) is 6.71 Å². The Labute approximate surface area is 209 Å². The molecule has 0 atom stereocenters. The van der Waals surface area contributed by atoms with Crippen molar-refractivity contribution in [2.45, 2.75) is 4.90 Å². The number of fused-ring (bicyclic) bond motifs is 5. The van der Waals surface area contributed by atoms with Gasteiger partial charge in [0, 0.05) is 27.4 Å². The number of hydrogen-bond donors (Lipinski definition) is 0. The van der Waals surface area contributed by atoms with Crippen LogP contribution in [0.5, 0.6) is 23.0 Å². The van der Waals surface area contributed by atoms with Gasteiger partial charge in [-0.3, -0.25) is 0 Å². The number of hydrogen-bond acceptors (Lipinski definition) is 4. The summed E-state index contributed by atoms with van der Waals surface area (Å²) in [6, 6.07) is 29.2. The van der Waals surface area contributed by atoms with E-state index in [2.05, 4.69) is 78.7 Å². The number of allylic oxidation sites excluding steroid dienone is 2. The molecule has 0 aromatic heterocycles. The van der Waals surface area contributed by atoms with Crippen molar-refractivity contribution in [1.82, 2.24) is 0 Å². The number of nitrogens with zero attached hydrogens (tertiary/aromatic N) is 1. The lowest BCUT2D eigenvalue weighted by Gasteiger charge is -2.36. The highest BCUT2D eigenvalue weighted by Gasteiger charge is 2.40. The minimum atomic E-state index is 0.0614. The van der Waals surface area contributed by atoms with E-state index in [1.54, 1.807) is 11.8 Å². The van der Waals surface area contributed by atoms with Gasteiger partial charge in [-0.25, -0.2) is 0 Å². The standard InChI is InChI=1S/C30H20BNO2S/c1-3-22-28(4-2)35-29-16-10-7-13-23(29)32(22)19-17-26-30-27(18-19)34-25-15-9-6-12-21(25)31(30)20-11-5-8-14-24(20)33-26/h3-18H,1-2H2. The van der Waals surface area contributed by atoms with Gasteiger partial charge < -0.3 is 14.4 Å². The fourth-order valence-corrected chi connectivity index (χ4v) is 6.27. The van der Waals surface area contributed by atoms with Gasteiger partial charge in [-0.15, -0.1) is 0 Å². The quantitative estimate of drug-likeness (QED) is 0.286. The van der Waals surface area contributed by atoms with Crippen molar-refractivity contribution < 1.29 is 9.47 Å². The molecule has 0 fully saturated rings. The third kappa shape index (κ3) is 2.95. The summed E-state index contributed by atoms with van der Waals surface area (Å²) in [5, 5.41) is 0. The molecule has 0 N–H and O–H groups in total. The molecular formula is C30H20BNO2S. The van der Waals surface area contributed by atoms with Gasteiger partial charge in [0.1, 0.15) is 23.0 Å². The van der Waals surface area contributed by atoms with Gasteiger partial charge in [0.05, 0.1) is 17.1 Å². The Kier molecular flexibility index (Phi) is 4.48. The molecule has 7 rings (SSSR count). The van der Waals surface area contributed by atoms with Gasteiger partial charge in [0.2, 0.25) is 0 Å². The van der Waals surface area contributed by atoms with Crippen LogP contribution in [0.25, 0.3) is 0 Å². The summed E-state index contributed by atoms with van der Waals surface area (Å²) in [7, 11) is 0. The highest BCUT2D eigenvalue weighted by Crippen LogP contribution is 2.49. The van der Waals surface area contributed by atoms with Crippen LogP contribution in [0.15, 0.2) is 126 Å². The van der Waals surface area contributed by atoms with Crippen molar-refractivity contribution in [2.75, 3.05) is 4.90 Å². The summed E-state index contributed by atoms with van der Waals surface area (Å²) in [5.41, 5.74) is 6.42. The maximum absolute atomic E-state index is 6.51. The summed E-state index contributed by atoms with van der Waals surface area (Å²) in [6.07, 6.45) is 3.78. The maximum atomic E-state index is 6.51. The molecular weight excluding hydrogens is 449 g/mol. The summed E-state index contributed by atoms with van der Waals surface area (Å²) in [5.74, 6) is 3.39. The number of ether oxygens (including phenoxy) is 2. The largest absolute Gasteiger partial charge is 0.458 e. The molecule has 0 radical (unpaired) electrons. The fourth-order valence-electron chi connectivity index (χ4n) is 5.26. The molecule has 3 nitrogen and oxygen atoms in total. The van der Waals surface area contributed by atoms with E-state index in [1.165, 1.54) is 0 Å². The molecule has 3 aliphatic heterocycles. The molecule has 0 saturated carbocycles. The topological polar surface area (TPSA) is 21.7 Å². The second-order valence-electron chi connectivity index (χ2n) is 8.63. The molecule has 0 saturated heterocycles. The van der Waals surface area contributed by atoms with Crippen LogP contribution in [0.4, 0.5) is 11.4 Å². The summed E-state index contributed by atoms with van der Waals surface area (Å²) < 4.78 is 13.0. The predicted molar refractivity (Wildman–Crippen MR) is 146 cm³/mol. The van der Waals surface area contributed by atoms with Gasteiger partial charge in [-0.2, -0.15) is 0 Å². The lowest BCUT2D eigenvalue weighted by Crippen LogP contribution is -2.57. The number of anilines is 2. The molecule has 3 aliphatic rings. The van der Waals surface area contributed by atoms with E-state index in [4.69, 9.17) is 9.47 Å². The Morgan fingerprint density at radius 3 is 1.94 bits per heavy atom. The molecule has 0 amide bonds. The van der Waals surface area contributed by atoms with Crippen LogP contribution in [0.3, 0.4) is 0 Å². The normalized spacial score (nSPS) is 14.6. The van der Waals surface area contributed by atoms with E-state index in [9.17, 15) is 0 Å². The first-order valence-electron chi connectivity index (χ1n) is 11.5. The Bertz CT molecular complexity index is 1520. The smallest absolute Gasteiger partial charge is 0.260 e. The molecule has 4 aromatic rings. The van der Waals surface area contributed by atoms with Crippen LogP contribution in [0, 0.1) is 0 Å². The zero-order valence-corrected chi connectivity index (χ0v) is 19.7. The number of rotatable bonds is 3. The number of benzene rings is 4. The highest BCUT2D eigenvalue weighted by molar-refractivity contribution is 8.03.